The van der Waals surface area contributed by atoms with E-state index in [9.17, 15) is 10.2 Å². The highest BCUT2D eigenvalue weighted by Crippen LogP contribution is 2.40. The van der Waals surface area contributed by atoms with Crippen molar-refractivity contribution in [3.8, 4) is 5.75 Å². The van der Waals surface area contributed by atoms with Crippen molar-refractivity contribution in [3.63, 3.8) is 0 Å². The predicted octanol–water partition coefficient (Wildman–Crippen LogP) is 4.88. The Bertz CT molecular complexity index is 591. The number of benzene rings is 1. The average Bonchev–Trinajstić information content (AvgIpc) is 2.32. The quantitative estimate of drug-likeness (QED) is 0.765. The predicted molar refractivity (Wildman–Crippen MR) is 91.2 cm³/mol. The molecular weight excluding hydrogens is 279 g/mol. The molecule has 1 aliphatic heterocycles. The fraction of sp³-hybridized carbons (Fsp3) is 0.500. The lowest BCUT2D eigenvalue weighted by Gasteiger charge is -2.28. The van der Waals surface area contributed by atoms with Crippen LogP contribution >= 0.6 is 8.20 Å². The van der Waals surface area contributed by atoms with Crippen LogP contribution < -0.4 is 0 Å². The molecule has 0 atom stereocenters. The molecule has 114 valence electrons. The number of aromatic hydroxyl groups is 1. The summed E-state index contributed by atoms with van der Waals surface area (Å²) in [5.41, 5.74) is 4.34. The number of aliphatic hydroxyl groups is 1. The molecule has 0 saturated carbocycles. The van der Waals surface area contributed by atoms with Crippen molar-refractivity contribution in [2.24, 2.45) is 0 Å². The minimum Gasteiger partial charge on any atom is -0.507 e. The summed E-state index contributed by atoms with van der Waals surface area (Å²) in [6, 6.07) is 4.15. The van der Waals surface area contributed by atoms with Crippen LogP contribution in [0.25, 0.3) is 0 Å². The maximum absolute atomic E-state index is 10.7. The zero-order chi connectivity index (χ0) is 16.0. The fourth-order valence-electron chi connectivity index (χ4n) is 2.50. The first-order valence-electron chi connectivity index (χ1n) is 7.33. The van der Waals surface area contributed by atoms with Gasteiger partial charge < -0.3 is 10.2 Å². The van der Waals surface area contributed by atoms with E-state index >= 15 is 0 Å². The van der Waals surface area contributed by atoms with Crippen molar-refractivity contribution in [1.29, 1.82) is 0 Å². The summed E-state index contributed by atoms with van der Waals surface area (Å²) in [5.74, 6) is 2.45. The van der Waals surface area contributed by atoms with E-state index in [1.807, 2.05) is 5.82 Å². The molecule has 0 unspecified atom stereocenters. The van der Waals surface area contributed by atoms with E-state index in [1.165, 1.54) is 0 Å². The number of hydrogen-bond donors (Lipinski definition) is 2. The van der Waals surface area contributed by atoms with E-state index in [1.54, 1.807) is 0 Å². The molecule has 1 heterocycles. The molecule has 0 bridgehead atoms. The minimum absolute atomic E-state index is 0.113. The number of phenolic OH excluding ortho intramolecular Hbond substituents is 1. The van der Waals surface area contributed by atoms with Crippen LogP contribution in [0.2, 0.25) is 0 Å². The van der Waals surface area contributed by atoms with Crippen LogP contribution in [0.5, 0.6) is 5.75 Å². The van der Waals surface area contributed by atoms with Crippen LogP contribution in [0.15, 0.2) is 23.5 Å². The summed E-state index contributed by atoms with van der Waals surface area (Å²) in [7, 11) is 0.914. The van der Waals surface area contributed by atoms with Gasteiger partial charge in [-0.1, -0.05) is 53.7 Å². The third kappa shape index (κ3) is 3.39. The molecule has 2 N–H and O–H groups in total. The Balaban J connectivity index is 2.52. The van der Waals surface area contributed by atoms with Crippen LogP contribution in [-0.4, -0.2) is 15.7 Å². The maximum atomic E-state index is 10.7. The zero-order valence-electron chi connectivity index (χ0n) is 13.8. The van der Waals surface area contributed by atoms with Crippen LogP contribution in [0.3, 0.4) is 0 Å². The Hall–Kier alpha value is -1.11. The van der Waals surface area contributed by atoms with E-state index in [2.05, 4.69) is 53.7 Å². The topological polar surface area (TPSA) is 40.5 Å². The monoisotopic (exact) mass is 304 g/mol. The van der Waals surface area contributed by atoms with Gasteiger partial charge in [0.25, 0.3) is 0 Å². The number of rotatable bonds is 2. The van der Waals surface area contributed by atoms with Gasteiger partial charge in [-0.25, -0.2) is 0 Å². The summed E-state index contributed by atoms with van der Waals surface area (Å²) >= 11 is 0. The smallest absolute Gasteiger partial charge is 0.123 e. The van der Waals surface area contributed by atoms with Crippen LogP contribution in [-0.2, 0) is 17.3 Å². The normalized spacial score (nSPS) is 16.1. The lowest BCUT2D eigenvalue weighted by molar-refractivity contribution is 0.423. The third-order valence-electron chi connectivity index (χ3n) is 3.81. The molecule has 1 aromatic rings. The van der Waals surface area contributed by atoms with E-state index in [-0.39, 0.29) is 10.8 Å². The molecule has 0 aliphatic carbocycles. The summed E-state index contributed by atoms with van der Waals surface area (Å²) in [6.45, 7) is 12.7. The molecule has 0 saturated heterocycles. The Morgan fingerprint density at radius 3 is 1.67 bits per heavy atom. The Labute approximate surface area is 129 Å². The van der Waals surface area contributed by atoms with Gasteiger partial charge in [0, 0.05) is 6.42 Å². The highest BCUT2D eigenvalue weighted by atomic mass is 31.1. The van der Waals surface area contributed by atoms with Crippen molar-refractivity contribution >= 4 is 13.7 Å². The largest absolute Gasteiger partial charge is 0.507 e. The van der Waals surface area contributed by atoms with Gasteiger partial charge in [0.05, 0.1) is 0 Å². The average molecular weight is 304 g/mol. The fourth-order valence-corrected chi connectivity index (χ4v) is 3.10. The molecule has 0 amide bonds. The number of hydrogen-bond acceptors (Lipinski definition) is 1. The Kier molecular flexibility index (Phi) is 4.08. The SMILES string of the molecule is CC(C)(C)c1cc(CC2=CP=C2O)cc(C(C)(C)C)c1O. The van der Waals surface area contributed by atoms with Gasteiger partial charge in [0.15, 0.2) is 0 Å². The Morgan fingerprint density at radius 2 is 1.38 bits per heavy atom. The number of aliphatic hydroxyl groups excluding tert-OH is 1. The van der Waals surface area contributed by atoms with E-state index in [0.29, 0.717) is 11.2 Å². The lowest BCUT2D eigenvalue weighted by atomic mass is 9.78. The van der Waals surface area contributed by atoms with Crippen molar-refractivity contribution in [3.05, 3.63) is 40.2 Å². The molecule has 2 rings (SSSR count). The molecule has 0 spiro atoms. The van der Waals surface area contributed by atoms with E-state index < -0.39 is 0 Å². The van der Waals surface area contributed by atoms with Crippen LogP contribution in [0.1, 0.15) is 58.2 Å². The van der Waals surface area contributed by atoms with Crippen molar-refractivity contribution in [2.75, 3.05) is 0 Å². The Morgan fingerprint density at radius 1 is 0.905 bits per heavy atom. The molecular formula is C18H25O2P. The minimum atomic E-state index is -0.113. The zero-order valence-corrected chi connectivity index (χ0v) is 14.7. The summed E-state index contributed by atoms with van der Waals surface area (Å²) < 4.78 is 0. The van der Waals surface area contributed by atoms with Crippen molar-refractivity contribution in [1.82, 2.24) is 0 Å². The highest BCUT2D eigenvalue weighted by Gasteiger charge is 2.27. The first-order valence-corrected chi connectivity index (χ1v) is 8.29. The van der Waals surface area contributed by atoms with Crippen molar-refractivity contribution < 1.29 is 10.2 Å². The summed E-state index contributed by atoms with van der Waals surface area (Å²) in [6.07, 6.45) is 0.727. The maximum Gasteiger partial charge on any atom is 0.123 e. The highest BCUT2D eigenvalue weighted by molar-refractivity contribution is 7.46. The lowest BCUT2D eigenvalue weighted by Crippen LogP contribution is -2.18. The van der Waals surface area contributed by atoms with E-state index in [0.717, 1.165) is 36.9 Å². The first kappa shape index (κ1) is 16.3. The molecule has 0 radical (unpaired) electrons. The molecule has 1 aromatic carbocycles. The second-order valence-corrected chi connectivity index (χ2v) is 8.76. The van der Waals surface area contributed by atoms with Gasteiger partial charge >= 0.3 is 0 Å². The molecule has 3 heteroatoms. The van der Waals surface area contributed by atoms with Gasteiger partial charge in [-0.2, -0.15) is 0 Å². The van der Waals surface area contributed by atoms with Gasteiger partial charge in [0.2, 0.25) is 0 Å². The van der Waals surface area contributed by atoms with Gasteiger partial charge in [-0.3, -0.25) is 0 Å². The standard InChI is InChI=1S/C18H25O2P/c1-17(2,3)13-8-11(7-12-10-21-16(12)20)9-14(15(13)19)18(4,5)6/h8-10,19-20H,7H2,1-6H3. The first-order chi connectivity index (χ1) is 9.50. The van der Waals surface area contributed by atoms with Gasteiger partial charge in [0.1, 0.15) is 11.2 Å². The molecule has 0 fully saturated rings. The second kappa shape index (κ2) is 5.26. The number of phenols is 1. The molecule has 1 aliphatic rings. The molecule has 0 aromatic heterocycles. The third-order valence-corrected chi connectivity index (χ3v) is 4.78. The summed E-state index contributed by atoms with van der Waals surface area (Å²) in [4.78, 5) is 0. The van der Waals surface area contributed by atoms with Gasteiger partial charge in [-0.15, -0.1) is 0 Å². The van der Waals surface area contributed by atoms with Crippen LogP contribution in [0, 0.1) is 0 Å². The summed E-state index contributed by atoms with van der Waals surface area (Å²) in [5, 5.41) is 20.3. The molecule has 21 heavy (non-hydrogen) atoms. The second-order valence-electron chi connectivity index (χ2n) is 7.82. The van der Waals surface area contributed by atoms with Crippen LogP contribution in [0.4, 0.5) is 0 Å². The van der Waals surface area contributed by atoms with E-state index in [4.69, 9.17) is 0 Å². The van der Waals surface area contributed by atoms with Crippen molar-refractivity contribution in [2.45, 2.75) is 58.8 Å². The molecule has 2 nitrogen and oxygen atoms in total. The van der Waals surface area contributed by atoms with Gasteiger partial charge in [-0.05, 0) is 47.1 Å².